The second-order valence-electron chi connectivity index (χ2n) is 6.99. The molecule has 0 unspecified atom stereocenters. The van der Waals surface area contributed by atoms with Crippen LogP contribution in [0.4, 0.5) is 5.69 Å². The highest BCUT2D eigenvalue weighted by Gasteiger charge is 2.12. The third-order valence-corrected chi connectivity index (χ3v) is 5.56. The number of aryl methyl sites for hydroxylation is 2. The smallest absolute Gasteiger partial charge is 0.0417 e. The summed E-state index contributed by atoms with van der Waals surface area (Å²) < 4.78 is 0. The van der Waals surface area contributed by atoms with Crippen molar-refractivity contribution in [1.82, 2.24) is 0 Å². The van der Waals surface area contributed by atoms with Crippen LogP contribution in [0.3, 0.4) is 0 Å². The molecule has 0 fully saturated rings. The highest BCUT2D eigenvalue weighted by Crippen LogP contribution is 2.35. The first-order valence-electron chi connectivity index (χ1n) is 9.26. The van der Waals surface area contributed by atoms with Crippen LogP contribution in [0.5, 0.6) is 0 Å². The molecule has 0 saturated carbocycles. The number of benzene rings is 4. The summed E-state index contributed by atoms with van der Waals surface area (Å²) in [6.45, 7) is 0. The van der Waals surface area contributed by atoms with Crippen molar-refractivity contribution in [3.05, 3.63) is 89.0 Å². The van der Waals surface area contributed by atoms with Crippen molar-refractivity contribution >= 4 is 39.4 Å². The lowest BCUT2D eigenvalue weighted by Crippen LogP contribution is -1.90. The fourth-order valence-electron chi connectivity index (χ4n) is 4.33. The van der Waals surface area contributed by atoms with E-state index < -0.39 is 0 Å². The van der Waals surface area contributed by atoms with Gasteiger partial charge in [0.05, 0.1) is 0 Å². The number of hydrogen-bond donors (Lipinski definition) is 1. The topological polar surface area (TPSA) is 12.0 Å². The van der Waals surface area contributed by atoms with Gasteiger partial charge in [0.15, 0.2) is 0 Å². The van der Waals surface area contributed by atoms with Crippen molar-refractivity contribution in [3.8, 4) is 0 Å². The van der Waals surface area contributed by atoms with E-state index >= 15 is 0 Å². The molecule has 0 saturated heterocycles. The SMILES string of the molecule is CNc1ccc2c3c(cccc13)C=C2.c1cc2c3c(cccc3c1)CC2. The molecule has 0 aromatic heterocycles. The molecule has 1 nitrogen and oxygen atoms in total. The molecule has 26 heavy (non-hydrogen) atoms. The lowest BCUT2D eigenvalue weighted by molar-refractivity contribution is 1.02. The highest BCUT2D eigenvalue weighted by atomic mass is 14.8. The first kappa shape index (κ1) is 15.2. The minimum absolute atomic E-state index is 1.20. The summed E-state index contributed by atoms with van der Waals surface area (Å²) >= 11 is 0. The minimum Gasteiger partial charge on any atom is -0.388 e. The Kier molecular flexibility index (Phi) is 3.53. The Bertz CT molecular complexity index is 1120. The Morgan fingerprint density at radius 3 is 2.00 bits per heavy atom. The first-order chi connectivity index (χ1) is 12.8. The second kappa shape index (κ2) is 6.03. The Balaban J connectivity index is 0.000000117. The lowest BCUT2D eigenvalue weighted by Gasteiger charge is -2.07. The van der Waals surface area contributed by atoms with E-state index in [1.54, 1.807) is 0 Å². The molecule has 4 aromatic rings. The van der Waals surface area contributed by atoms with Crippen LogP contribution in [0.1, 0.15) is 22.3 Å². The molecule has 1 N–H and O–H groups in total. The Morgan fingerprint density at radius 2 is 1.31 bits per heavy atom. The molecule has 0 aliphatic heterocycles. The van der Waals surface area contributed by atoms with Crippen LogP contribution < -0.4 is 5.32 Å². The third kappa shape index (κ3) is 2.32. The molecule has 0 heterocycles. The van der Waals surface area contributed by atoms with Crippen molar-refractivity contribution < 1.29 is 0 Å². The van der Waals surface area contributed by atoms with Crippen molar-refractivity contribution in [2.45, 2.75) is 12.8 Å². The molecule has 0 atom stereocenters. The van der Waals surface area contributed by atoms with Gasteiger partial charge in [-0.2, -0.15) is 0 Å². The Hall–Kier alpha value is -3.06. The van der Waals surface area contributed by atoms with E-state index in [-0.39, 0.29) is 0 Å². The van der Waals surface area contributed by atoms with Crippen LogP contribution in [0, 0.1) is 0 Å². The minimum atomic E-state index is 1.20. The number of hydrogen-bond acceptors (Lipinski definition) is 1. The maximum Gasteiger partial charge on any atom is 0.0417 e. The van der Waals surface area contributed by atoms with Gasteiger partial charge in [-0.15, -0.1) is 0 Å². The molecule has 126 valence electrons. The molecule has 1 heteroatoms. The van der Waals surface area contributed by atoms with Gasteiger partial charge < -0.3 is 5.32 Å². The summed E-state index contributed by atoms with van der Waals surface area (Å²) in [4.78, 5) is 0. The maximum atomic E-state index is 3.22. The number of rotatable bonds is 1. The summed E-state index contributed by atoms with van der Waals surface area (Å²) in [5.74, 6) is 0. The second-order valence-corrected chi connectivity index (χ2v) is 6.99. The maximum absolute atomic E-state index is 3.22. The van der Waals surface area contributed by atoms with Crippen molar-refractivity contribution in [3.63, 3.8) is 0 Å². The highest BCUT2D eigenvalue weighted by molar-refractivity contribution is 6.09. The zero-order valence-corrected chi connectivity index (χ0v) is 14.9. The standard InChI is InChI=1S/C13H11N.C12H10/c1-14-12-8-7-10-6-5-9-3-2-4-11(12)13(9)10;1-3-9-4-2-6-11-8-7-10(5-1)12(9)11/h2-8,14H,1H3;1-6H,7-8H2. The van der Waals surface area contributed by atoms with E-state index in [1.807, 2.05) is 7.05 Å². The summed E-state index contributed by atoms with van der Waals surface area (Å²) in [6.07, 6.45) is 6.82. The predicted octanol–water partition coefficient (Wildman–Crippen LogP) is 6.30. The van der Waals surface area contributed by atoms with Crippen LogP contribution >= 0.6 is 0 Å². The van der Waals surface area contributed by atoms with Crippen LogP contribution in [0.2, 0.25) is 0 Å². The monoisotopic (exact) mass is 335 g/mol. The van der Waals surface area contributed by atoms with Crippen LogP contribution in [0.15, 0.2) is 66.7 Å². The van der Waals surface area contributed by atoms with Gasteiger partial charge in [-0.05, 0) is 57.3 Å². The van der Waals surface area contributed by atoms with E-state index in [2.05, 4.69) is 84.2 Å². The van der Waals surface area contributed by atoms with Gasteiger partial charge in [-0.1, -0.05) is 72.8 Å². The van der Waals surface area contributed by atoms with Crippen molar-refractivity contribution in [1.29, 1.82) is 0 Å². The van der Waals surface area contributed by atoms with Gasteiger partial charge in [0, 0.05) is 18.1 Å². The Labute approximate surface area is 154 Å². The third-order valence-electron chi connectivity index (χ3n) is 5.56. The van der Waals surface area contributed by atoms with E-state index in [0.29, 0.717) is 0 Å². The van der Waals surface area contributed by atoms with E-state index in [0.717, 1.165) is 0 Å². The van der Waals surface area contributed by atoms with E-state index in [1.165, 1.54) is 62.3 Å². The molecule has 2 aliphatic carbocycles. The zero-order valence-electron chi connectivity index (χ0n) is 14.9. The number of anilines is 1. The average Bonchev–Trinajstić information content (AvgIpc) is 3.31. The normalized spacial score (nSPS) is 13.1. The molecule has 6 rings (SSSR count). The molecular weight excluding hydrogens is 314 g/mol. The number of nitrogens with one attached hydrogen (secondary N) is 1. The zero-order chi connectivity index (χ0) is 17.5. The van der Waals surface area contributed by atoms with Gasteiger partial charge in [0.2, 0.25) is 0 Å². The van der Waals surface area contributed by atoms with Gasteiger partial charge in [-0.25, -0.2) is 0 Å². The van der Waals surface area contributed by atoms with Crippen molar-refractivity contribution in [2.24, 2.45) is 0 Å². The largest absolute Gasteiger partial charge is 0.388 e. The van der Waals surface area contributed by atoms with Gasteiger partial charge in [-0.3, -0.25) is 0 Å². The van der Waals surface area contributed by atoms with Gasteiger partial charge >= 0.3 is 0 Å². The summed E-state index contributed by atoms with van der Waals surface area (Å²) in [6, 6.07) is 24.0. The van der Waals surface area contributed by atoms with Gasteiger partial charge in [0.25, 0.3) is 0 Å². The fourth-order valence-corrected chi connectivity index (χ4v) is 4.33. The average molecular weight is 335 g/mol. The molecule has 0 bridgehead atoms. The summed E-state index contributed by atoms with van der Waals surface area (Å²) in [5.41, 5.74) is 6.92. The molecular formula is C25H21N. The van der Waals surface area contributed by atoms with Gasteiger partial charge in [0.1, 0.15) is 0 Å². The first-order valence-corrected chi connectivity index (χ1v) is 9.26. The molecule has 0 amide bonds. The van der Waals surface area contributed by atoms with E-state index in [9.17, 15) is 0 Å². The lowest BCUT2D eigenvalue weighted by atomic mass is 10.0. The van der Waals surface area contributed by atoms with Crippen LogP contribution in [0.25, 0.3) is 33.7 Å². The fraction of sp³-hybridized carbons (Fsp3) is 0.120. The molecule has 2 aliphatic rings. The van der Waals surface area contributed by atoms with Crippen molar-refractivity contribution in [2.75, 3.05) is 12.4 Å². The summed E-state index contributed by atoms with van der Waals surface area (Å²) in [5, 5.41) is 8.83. The van der Waals surface area contributed by atoms with Crippen LogP contribution in [-0.4, -0.2) is 7.05 Å². The van der Waals surface area contributed by atoms with Crippen LogP contribution in [-0.2, 0) is 12.8 Å². The molecule has 0 radical (unpaired) electrons. The Morgan fingerprint density at radius 1 is 0.654 bits per heavy atom. The summed E-state index contributed by atoms with van der Waals surface area (Å²) in [7, 11) is 1.96. The van der Waals surface area contributed by atoms with E-state index in [4.69, 9.17) is 0 Å². The molecule has 4 aromatic carbocycles. The quantitative estimate of drug-likeness (QED) is 0.379. The predicted molar refractivity (Wildman–Crippen MR) is 114 cm³/mol. The molecule has 0 spiro atoms.